The third kappa shape index (κ3) is 7.04. The lowest BCUT2D eigenvalue weighted by Gasteiger charge is -2.18. The van der Waals surface area contributed by atoms with E-state index in [1.165, 1.54) is 0 Å². The SMILES string of the molecule is CC(NC(=NCc1ncccc1Cl)NC(N)=S)OCc1ccccc1. The summed E-state index contributed by atoms with van der Waals surface area (Å²) in [5.41, 5.74) is 7.29. The maximum Gasteiger partial charge on any atom is 0.199 e. The van der Waals surface area contributed by atoms with Crippen LogP contribution in [-0.2, 0) is 17.9 Å². The highest BCUT2D eigenvalue weighted by Gasteiger charge is 2.08. The van der Waals surface area contributed by atoms with Crippen LogP contribution in [0.15, 0.2) is 53.7 Å². The molecule has 6 nitrogen and oxygen atoms in total. The molecule has 1 heterocycles. The van der Waals surface area contributed by atoms with Crippen LogP contribution in [-0.4, -0.2) is 22.3 Å². The average Bonchev–Trinajstić information content (AvgIpc) is 2.59. The van der Waals surface area contributed by atoms with E-state index >= 15 is 0 Å². The number of nitrogens with two attached hydrogens (primary N) is 1. The van der Waals surface area contributed by atoms with Gasteiger partial charge >= 0.3 is 0 Å². The molecule has 0 bridgehead atoms. The minimum absolute atomic E-state index is 0.105. The predicted molar refractivity (Wildman–Crippen MR) is 104 cm³/mol. The van der Waals surface area contributed by atoms with E-state index in [1.807, 2.05) is 37.3 Å². The predicted octanol–water partition coefficient (Wildman–Crippen LogP) is 2.58. The van der Waals surface area contributed by atoms with Gasteiger partial charge in [0.2, 0.25) is 0 Å². The van der Waals surface area contributed by atoms with Gasteiger partial charge in [-0.3, -0.25) is 4.98 Å². The fraction of sp³-hybridized carbons (Fsp3) is 0.235. The van der Waals surface area contributed by atoms with Gasteiger partial charge in [-0.05, 0) is 36.8 Å². The molecule has 25 heavy (non-hydrogen) atoms. The van der Waals surface area contributed by atoms with E-state index in [0.717, 1.165) is 5.56 Å². The van der Waals surface area contributed by atoms with Crippen molar-refractivity contribution in [1.29, 1.82) is 0 Å². The molecular formula is C17H20ClN5OS. The Labute approximate surface area is 157 Å². The van der Waals surface area contributed by atoms with Gasteiger partial charge < -0.3 is 21.1 Å². The van der Waals surface area contributed by atoms with Crippen molar-refractivity contribution in [3.05, 3.63) is 64.9 Å². The van der Waals surface area contributed by atoms with Gasteiger partial charge in [0.25, 0.3) is 0 Å². The first-order chi connectivity index (χ1) is 12.0. The maximum absolute atomic E-state index is 6.09. The van der Waals surface area contributed by atoms with Crippen LogP contribution in [0.25, 0.3) is 0 Å². The lowest BCUT2D eigenvalue weighted by molar-refractivity contribution is 0.0431. The minimum atomic E-state index is -0.306. The molecule has 2 rings (SSSR count). The number of benzene rings is 1. The van der Waals surface area contributed by atoms with E-state index in [2.05, 4.69) is 20.6 Å². The van der Waals surface area contributed by atoms with Crippen molar-refractivity contribution in [2.75, 3.05) is 0 Å². The highest BCUT2D eigenvalue weighted by Crippen LogP contribution is 2.12. The Morgan fingerprint density at radius 3 is 2.76 bits per heavy atom. The van der Waals surface area contributed by atoms with Crippen LogP contribution in [0.1, 0.15) is 18.2 Å². The first-order valence-corrected chi connectivity index (χ1v) is 8.45. The number of halogens is 1. The molecule has 0 aliphatic heterocycles. The monoisotopic (exact) mass is 377 g/mol. The molecule has 0 saturated heterocycles. The number of hydrogen-bond donors (Lipinski definition) is 3. The fourth-order valence-electron chi connectivity index (χ4n) is 1.96. The second kappa shape index (κ2) is 9.93. The Kier molecular flexibility index (Phi) is 7.59. The van der Waals surface area contributed by atoms with E-state index < -0.39 is 0 Å². The molecule has 8 heteroatoms. The molecule has 0 aliphatic rings. The summed E-state index contributed by atoms with van der Waals surface area (Å²) in [6.45, 7) is 2.62. The van der Waals surface area contributed by atoms with E-state index in [4.69, 9.17) is 34.3 Å². The molecule has 1 unspecified atom stereocenters. The number of aliphatic imine (C=N–C) groups is 1. The second-order valence-corrected chi connectivity index (χ2v) is 6.02. The molecule has 4 N–H and O–H groups in total. The molecule has 132 valence electrons. The minimum Gasteiger partial charge on any atom is -0.376 e. The first-order valence-electron chi connectivity index (χ1n) is 7.67. The second-order valence-electron chi connectivity index (χ2n) is 5.17. The van der Waals surface area contributed by atoms with Crippen LogP contribution in [0.5, 0.6) is 0 Å². The Bertz CT molecular complexity index is 726. The molecule has 1 atom stereocenters. The van der Waals surface area contributed by atoms with E-state index in [-0.39, 0.29) is 17.9 Å². The molecule has 0 radical (unpaired) electrons. The summed E-state index contributed by atoms with van der Waals surface area (Å²) in [5, 5.41) is 6.54. The number of nitrogens with zero attached hydrogens (tertiary/aromatic N) is 2. The van der Waals surface area contributed by atoms with E-state index in [9.17, 15) is 0 Å². The summed E-state index contributed by atoms with van der Waals surface area (Å²) in [7, 11) is 0. The van der Waals surface area contributed by atoms with Gasteiger partial charge in [-0.15, -0.1) is 0 Å². The third-order valence-electron chi connectivity index (χ3n) is 3.15. The number of ether oxygens (including phenoxy) is 1. The normalized spacial score (nSPS) is 12.5. The van der Waals surface area contributed by atoms with Crippen LogP contribution in [0.2, 0.25) is 5.02 Å². The highest BCUT2D eigenvalue weighted by molar-refractivity contribution is 7.80. The van der Waals surface area contributed by atoms with Crippen molar-refractivity contribution >= 4 is 34.9 Å². The van der Waals surface area contributed by atoms with Gasteiger partial charge in [-0.25, -0.2) is 4.99 Å². The molecule has 0 aliphatic carbocycles. The van der Waals surface area contributed by atoms with Gasteiger partial charge in [0.15, 0.2) is 11.1 Å². The summed E-state index contributed by atoms with van der Waals surface area (Å²) >= 11 is 11.0. The van der Waals surface area contributed by atoms with Gasteiger partial charge in [0, 0.05) is 6.20 Å². The number of nitrogens with one attached hydrogen (secondary N) is 2. The first kappa shape index (κ1) is 19.1. The van der Waals surface area contributed by atoms with Gasteiger partial charge in [0.05, 0.1) is 23.9 Å². The standard InChI is InChI=1S/C17H20ClN5OS/c1-12(24-11-13-6-3-2-4-7-13)22-17(23-16(19)25)21-10-15-14(18)8-5-9-20-15/h2-9,12H,10-11H2,1H3,(H4,19,21,22,23,25). The number of aromatic nitrogens is 1. The molecular weight excluding hydrogens is 358 g/mol. The van der Waals surface area contributed by atoms with Crippen molar-refractivity contribution in [3.63, 3.8) is 0 Å². The molecule has 0 spiro atoms. The number of hydrogen-bond acceptors (Lipinski definition) is 4. The zero-order valence-corrected chi connectivity index (χ0v) is 15.3. The Morgan fingerprint density at radius 2 is 2.08 bits per heavy atom. The number of thiocarbonyl (C=S) groups is 1. The van der Waals surface area contributed by atoms with Crippen molar-refractivity contribution in [2.45, 2.75) is 26.3 Å². The number of pyridine rings is 1. The zero-order valence-electron chi connectivity index (χ0n) is 13.8. The van der Waals surface area contributed by atoms with E-state index in [0.29, 0.717) is 23.3 Å². The third-order valence-corrected chi connectivity index (χ3v) is 3.59. The van der Waals surface area contributed by atoms with Gasteiger partial charge in [-0.1, -0.05) is 41.9 Å². The summed E-state index contributed by atoms with van der Waals surface area (Å²) in [6.07, 6.45) is 1.36. The lowest BCUT2D eigenvalue weighted by atomic mass is 10.2. The molecule has 1 aromatic heterocycles. The van der Waals surface area contributed by atoms with Crippen LogP contribution in [0.4, 0.5) is 0 Å². The summed E-state index contributed by atoms with van der Waals surface area (Å²) in [5.74, 6) is 0.398. The molecule has 0 saturated carbocycles. The fourth-order valence-corrected chi connectivity index (χ4v) is 2.23. The van der Waals surface area contributed by atoms with Crippen LogP contribution in [0, 0.1) is 0 Å². The average molecular weight is 378 g/mol. The molecule has 0 fully saturated rings. The Morgan fingerprint density at radius 1 is 1.32 bits per heavy atom. The summed E-state index contributed by atoms with van der Waals surface area (Å²) in [6, 6.07) is 13.4. The van der Waals surface area contributed by atoms with Gasteiger partial charge in [-0.2, -0.15) is 0 Å². The van der Waals surface area contributed by atoms with E-state index in [1.54, 1.807) is 18.3 Å². The maximum atomic E-state index is 6.09. The van der Waals surface area contributed by atoms with Crippen molar-refractivity contribution < 1.29 is 4.74 Å². The smallest absolute Gasteiger partial charge is 0.199 e. The van der Waals surface area contributed by atoms with Crippen molar-refractivity contribution in [2.24, 2.45) is 10.7 Å². The van der Waals surface area contributed by atoms with Crippen LogP contribution in [0.3, 0.4) is 0 Å². The van der Waals surface area contributed by atoms with Crippen molar-refractivity contribution in [1.82, 2.24) is 15.6 Å². The number of rotatable bonds is 6. The van der Waals surface area contributed by atoms with Crippen molar-refractivity contribution in [3.8, 4) is 0 Å². The quantitative estimate of drug-likeness (QED) is 0.310. The number of guanidine groups is 1. The largest absolute Gasteiger partial charge is 0.376 e. The molecule has 2 aromatic rings. The zero-order chi connectivity index (χ0) is 18.1. The Hall–Kier alpha value is -2.22. The van der Waals surface area contributed by atoms with Crippen LogP contribution >= 0.6 is 23.8 Å². The summed E-state index contributed by atoms with van der Waals surface area (Å²) in [4.78, 5) is 8.58. The van der Waals surface area contributed by atoms with Gasteiger partial charge in [0.1, 0.15) is 6.23 Å². The highest BCUT2D eigenvalue weighted by atomic mass is 35.5. The molecule has 1 aromatic carbocycles. The van der Waals surface area contributed by atoms with Crippen LogP contribution < -0.4 is 16.4 Å². The topological polar surface area (TPSA) is 84.6 Å². The Balaban J connectivity index is 1.95. The molecule has 0 amide bonds. The lowest BCUT2D eigenvalue weighted by Crippen LogP contribution is -2.47. The summed E-state index contributed by atoms with van der Waals surface area (Å²) < 4.78 is 5.76.